The van der Waals surface area contributed by atoms with E-state index in [9.17, 15) is 9.59 Å². The molecule has 0 unspecified atom stereocenters. The van der Waals surface area contributed by atoms with Gasteiger partial charge in [-0.3, -0.25) is 14.3 Å². The van der Waals surface area contributed by atoms with Crippen LogP contribution in [0.2, 0.25) is 0 Å². The van der Waals surface area contributed by atoms with E-state index in [1.165, 1.54) is 4.57 Å². The lowest BCUT2D eigenvalue weighted by atomic mass is 10.0. The lowest BCUT2D eigenvalue weighted by Gasteiger charge is -2.11. The molecule has 4 heterocycles. The Morgan fingerprint density at radius 1 is 1.21 bits per heavy atom. The summed E-state index contributed by atoms with van der Waals surface area (Å²) in [4.78, 5) is 32.3. The Hall–Kier alpha value is -3.68. The molecule has 0 spiro atoms. The van der Waals surface area contributed by atoms with Gasteiger partial charge in [0.15, 0.2) is 0 Å². The summed E-state index contributed by atoms with van der Waals surface area (Å²) in [5, 5.41) is 7.72. The van der Waals surface area contributed by atoms with Gasteiger partial charge in [0.25, 0.3) is 5.56 Å². The molecule has 28 heavy (non-hydrogen) atoms. The zero-order valence-corrected chi connectivity index (χ0v) is 15.9. The Balaban J connectivity index is 1.68. The number of pyridine rings is 2. The van der Waals surface area contributed by atoms with E-state index in [1.54, 1.807) is 42.6 Å². The van der Waals surface area contributed by atoms with Gasteiger partial charge in [0.1, 0.15) is 11.3 Å². The van der Waals surface area contributed by atoms with Crippen LogP contribution in [0.5, 0.6) is 0 Å². The molecule has 0 aliphatic heterocycles. The van der Waals surface area contributed by atoms with Crippen LogP contribution in [-0.2, 0) is 25.3 Å². The number of nitrogens with zero attached hydrogens (tertiary/aromatic N) is 4. The van der Waals surface area contributed by atoms with Gasteiger partial charge in [-0.05, 0) is 30.2 Å². The normalized spacial score (nSPS) is 11.1. The molecule has 142 valence electrons. The molecule has 1 amide bonds. The number of carbonyl (C=O) groups excluding carboxylic acids is 1. The molecule has 4 rings (SSSR count). The quantitative estimate of drug-likeness (QED) is 0.570. The summed E-state index contributed by atoms with van der Waals surface area (Å²) in [6.07, 6.45) is 7.21. The van der Waals surface area contributed by atoms with Crippen molar-refractivity contribution in [1.82, 2.24) is 24.3 Å². The van der Waals surface area contributed by atoms with E-state index in [0.717, 1.165) is 27.8 Å². The van der Waals surface area contributed by atoms with Gasteiger partial charge in [0.05, 0.1) is 18.3 Å². The first-order chi connectivity index (χ1) is 13.4. The Bertz CT molecular complexity index is 1250. The number of rotatable bonds is 4. The van der Waals surface area contributed by atoms with Gasteiger partial charge in [-0.2, -0.15) is 5.10 Å². The zero-order valence-electron chi connectivity index (χ0n) is 15.9. The molecular weight excluding hydrogens is 356 g/mol. The van der Waals surface area contributed by atoms with Crippen molar-refractivity contribution in [3.63, 3.8) is 0 Å². The van der Waals surface area contributed by atoms with E-state index in [4.69, 9.17) is 0 Å². The number of hydrogen-bond donors (Lipinski definition) is 2. The summed E-state index contributed by atoms with van der Waals surface area (Å²) < 4.78 is 3.19. The number of aryl methyl sites for hydroxylation is 3. The van der Waals surface area contributed by atoms with Crippen LogP contribution >= 0.6 is 0 Å². The third-order valence-electron chi connectivity index (χ3n) is 4.64. The first-order valence-corrected chi connectivity index (χ1v) is 8.84. The topological polar surface area (TPSA) is 97.6 Å². The molecule has 0 saturated heterocycles. The van der Waals surface area contributed by atoms with Crippen LogP contribution < -0.4 is 10.9 Å². The number of hydrogen-bond acceptors (Lipinski definition) is 4. The molecule has 0 saturated carbocycles. The highest BCUT2D eigenvalue weighted by molar-refractivity contribution is 5.95. The summed E-state index contributed by atoms with van der Waals surface area (Å²) in [5.74, 6) is 0.301. The molecule has 0 aromatic carbocycles. The van der Waals surface area contributed by atoms with E-state index >= 15 is 0 Å². The smallest absolute Gasteiger partial charge is 0.274 e. The van der Waals surface area contributed by atoms with Crippen molar-refractivity contribution < 1.29 is 4.79 Å². The fourth-order valence-corrected chi connectivity index (χ4v) is 3.26. The van der Waals surface area contributed by atoms with Gasteiger partial charge in [-0.15, -0.1) is 0 Å². The van der Waals surface area contributed by atoms with Crippen molar-refractivity contribution in [2.24, 2.45) is 14.1 Å². The minimum Gasteiger partial charge on any atom is -0.357 e. The summed E-state index contributed by atoms with van der Waals surface area (Å²) in [6, 6.07) is 5.54. The van der Waals surface area contributed by atoms with Crippen LogP contribution in [0, 0.1) is 6.92 Å². The molecule has 2 N–H and O–H groups in total. The van der Waals surface area contributed by atoms with Crippen LogP contribution in [0.15, 0.2) is 47.8 Å². The largest absolute Gasteiger partial charge is 0.357 e. The maximum Gasteiger partial charge on any atom is 0.274 e. The van der Waals surface area contributed by atoms with Crippen molar-refractivity contribution in [1.29, 1.82) is 0 Å². The van der Waals surface area contributed by atoms with Crippen molar-refractivity contribution in [2.75, 3.05) is 5.32 Å². The second-order valence-electron chi connectivity index (χ2n) is 6.83. The third-order valence-corrected chi connectivity index (χ3v) is 4.64. The summed E-state index contributed by atoms with van der Waals surface area (Å²) in [5.41, 5.74) is 3.78. The number of anilines is 1. The molecule has 8 nitrogen and oxygen atoms in total. The predicted molar refractivity (Wildman–Crippen MR) is 107 cm³/mol. The molecule has 0 aliphatic carbocycles. The van der Waals surface area contributed by atoms with Crippen LogP contribution in [0.4, 0.5) is 5.82 Å². The Kier molecular flexibility index (Phi) is 4.31. The second-order valence-corrected chi connectivity index (χ2v) is 6.83. The van der Waals surface area contributed by atoms with Gasteiger partial charge < -0.3 is 14.9 Å². The highest BCUT2D eigenvalue weighted by atomic mass is 16.1. The number of aromatic amines is 1. The van der Waals surface area contributed by atoms with Gasteiger partial charge in [-0.1, -0.05) is 6.07 Å². The third kappa shape index (κ3) is 3.20. The van der Waals surface area contributed by atoms with Crippen molar-refractivity contribution in [3.05, 3.63) is 64.5 Å². The van der Waals surface area contributed by atoms with Crippen LogP contribution in [0.3, 0.4) is 0 Å². The summed E-state index contributed by atoms with van der Waals surface area (Å²) in [6.45, 7) is 1.95. The zero-order chi connectivity index (χ0) is 19.8. The van der Waals surface area contributed by atoms with Crippen molar-refractivity contribution in [3.8, 4) is 11.3 Å². The van der Waals surface area contributed by atoms with Gasteiger partial charge >= 0.3 is 0 Å². The Morgan fingerprint density at radius 2 is 2.04 bits per heavy atom. The van der Waals surface area contributed by atoms with E-state index < -0.39 is 0 Å². The predicted octanol–water partition coefficient (Wildman–Crippen LogP) is 2.15. The number of carbonyl (C=O) groups is 1. The highest BCUT2D eigenvalue weighted by Crippen LogP contribution is 2.28. The molecule has 4 aromatic rings. The van der Waals surface area contributed by atoms with Gasteiger partial charge in [-0.25, -0.2) is 4.98 Å². The van der Waals surface area contributed by atoms with E-state index in [-0.39, 0.29) is 17.9 Å². The van der Waals surface area contributed by atoms with Gasteiger partial charge in [0, 0.05) is 43.6 Å². The van der Waals surface area contributed by atoms with Crippen molar-refractivity contribution >= 4 is 22.6 Å². The maximum atomic E-state index is 12.4. The molecule has 4 aromatic heterocycles. The van der Waals surface area contributed by atoms with E-state index in [0.29, 0.717) is 11.3 Å². The first-order valence-electron chi connectivity index (χ1n) is 8.84. The number of amides is 1. The molecule has 0 radical (unpaired) electrons. The van der Waals surface area contributed by atoms with Gasteiger partial charge in [0.2, 0.25) is 5.91 Å². The van der Waals surface area contributed by atoms with Crippen LogP contribution in [-0.4, -0.2) is 30.2 Å². The van der Waals surface area contributed by atoms with Crippen LogP contribution in [0.1, 0.15) is 11.1 Å². The summed E-state index contributed by atoms with van der Waals surface area (Å²) in [7, 11) is 3.52. The van der Waals surface area contributed by atoms with Crippen molar-refractivity contribution in [2.45, 2.75) is 13.3 Å². The minimum absolute atomic E-state index is 0.0951. The van der Waals surface area contributed by atoms with Crippen LogP contribution in [0.25, 0.3) is 22.2 Å². The number of nitrogens with one attached hydrogen (secondary N) is 2. The molecular formula is C20H20N6O2. The number of H-pyrrole nitrogens is 1. The minimum atomic E-state index is -0.164. The average molecular weight is 376 g/mol. The maximum absolute atomic E-state index is 12.4. The Labute approximate surface area is 160 Å². The first kappa shape index (κ1) is 17.7. The molecule has 8 heteroatoms. The molecule has 0 bridgehead atoms. The second kappa shape index (κ2) is 6.80. The SMILES string of the molecule is Cc1ccc(NC(=O)Cc2cnn(C)c2)nc1-c1cn(C)c(=O)c2[nH]ccc12. The lowest BCUT2D eigenvalue weighted by molar-refractivity contribution is -0.115. The summed E-state index contributed by atoms with van der Waals surface area (Å²) >= 11 is 0. The molecule has 0 fully saturated rings. The monoisotopic (exact) mass is 376 g/mol. The fraction of sp³-hybridized carbons (Fsp3) is 0.200. The standard InChI is InChI=1S/C20H20N6O2/c1-12-4-5-16(23-17(27)8-13-9-22-26(3)10-13)24-18(12)15-11-25(2)20(28)19-14(15)6-7-21-19/h4-7,9-11,21H,8H2,1-3H3,(H,23,24,27). The fourth-order valence-electron chi connectivity index (χ4n) is 3.26. The molecule has 0 aliphatic rings. The lowest BCUT2D eigenvalue weighted by Crippen LogP contribution is -2.17. The number of aromatic nitrogens is 5. The Morgan fingerprint density at radius 3 is 2.79 bits per heavy atom. The van der Waals surface area contributed by atoms with E-state index in [2.05, 4.69) is 20.4 Å². The highest BCUT2D eigenvalue weighted by Gasteiger charge is 2.14. The molecule has 0 atom stereocenters. The van der Waals surface area contributed by atoms with E-state index in [1.807, 2.05) is 26.1 Å². The number of fused-ring (bicyclic) bond motifs is 1. The average Bonchev–Trinajstić information content (AvgIpc) is 3.29.